The molecule has 1 N–H and O–H groups in total. The summed E-state index contributed by atoms with van der Waals surface area (Å²) in [5.41, 5.74) is -2.03. The number of ether oxygens (including phenoxy) is 10. The van der Waals surface area contributed by atoms with Crippen molar-refractivity contribution >= 4 is 41.7 Å². The number of rotatable bonds is 14. The number of esters is 6. The molecule has 10 atom stereocenters. The van der Waals surface area contributed by atoms with Crippen molar-refractivity contribution in [2.45, 2.75) is 138 Å². The maximum Gasteiger partial charge on any atom is 0.311 e. The Balaban J connectivity index is 2.85. The van der Waals surface area contributed by atoms with Crippen LogP contribution in [0.15, 0.2) is 12.7 Å². The van der Waals surface area contributed by atoms with Crippen LogP contribution >= 0.6 is 0 Å². The van der Waals surface area contributed by atoms with Crippen molar-refractivity contribution in [1.29, 1.82) is 0 Å². The van der Waals surface area contributed by atoms with Crippen LogP contribution in [0.2, 0.25) is 0 Å². The molecule has 0 aliphatic carbocycles. The fourth-order valence-electron chi connectivity index (χ4n) is 5.16. The lowest BCUT2D eigenvalue weighted by atomic mass is 9.93. The van der Waals surface area contributed by atoms with Crippen LogP contribution < -0.4 is 5.32 Å². The van der Waals surface area contributed by atoms with E-state index in [1.165, 1.54) is 13.0 Å². The smallest absolute Gasteiger partial charge is 0.311 e. The van der Waals surface area contributed by atoms with E-state index in [0.29, 0.717) is 0 Å². The minimum Gasteiger partial charge on any atom is -0.463 e. The summed E-state index contributed by atoms with van der Waals surface area (Å²) in [6.07, 6.45) is -12.2. The number of carbonyl (C=O) groups is 7. The van der Waals surface area contributed by atoms with Crippen molar-refractivity contribution in [1.82, 2.24) is 5.32 Å². The molecule has 18 heteroatoms. The van der Waals surface area contributed by atoms with E-state index in [4.69, 9.17) is 47.4 Å². The Hall–Kier alpha value is -4.13. The molecular weight excluding hydrogens is 706 g/mol. The number of amides is 1. The van der Waals surface area contributed by atoms with Crippen molar-refractivity contribution in [3.05, 3.63) is 12.7 Å². The van der Waals surface area contributed by atoms with Crippen LogP contribution in [-0.2, 0) is 80.9 Å². The van der Waals surface area contributed by atoms with Gasteiger partial charge in [0.25, 0.3) is 0 Å². The Morgan fingerprint density at radius 2 is 1.08 bits per heavy atom. The van der Waals surface area contributed by atoms with Gasteiger partial charge in [-0.2, -0.15) is 0 Å². The predicted octanol–water partition coefficient (Wildman–Crippen LogP) is 1.43. The summed E-state index contributed by atoms with van der Waals surface area (Å²) in [6, 6.07) is -1.31. The van der Waals surface area contributed by atoms with Gasteiger partial charge in [-0.25, -0.2) is 0 Å². The van der Waals surface area contributed by atoms with Crippen molar-refractivity contribution in [3.8, 4) is 0 Å². The summed E-state index contributed by atoms with van der Waals surface area (Å²) >= 11 is 0. The molecule has 2 aliphatic rings. The molecule has 18 nitrogen and oxygen atoms in total. The highest BCUT2D eigenvalue weighted by Gasteiger charge is 2.57. The Morgan fingerprint density at radius 3 is 1.55 bits per heavy atom. The second-order valence-corrected chi connectivity index (χ2v) is 14.5. The highest BCUT2D eigenvalue weighted by molar-refractivity contribution is 5.76. The third-order valence-electron chi connectivity index (χ3n) is 7.48. The lowest BCUT2D eigenvalue weighted by molar-refractivity contribution is -0.347. The molecule has 0 aromatic rings. The molecule has 0 radical (unpaired) electrons. The van der Waals surface area contributed by atoms with Crippen molar-refractivity contribution in [2.24, 2.45) is 10.8 Å². The van der Waals surface area contributed by atoms with E-state index in [2.05, 4.69) is 11.9 Å². The zero-order valence-electron chi connectivity index (χ0n) is 32.1. The normalized spacial score (nSPS) is 28.7. The molecule has 53 heavy (non-hydrogen) atoms. The maximum absolute atomic E-state index is 13.5. The molecule has 2 fully saturated rings. The van der Waals surface area contributed by atoms with Crippen LogP contribution in [-0.4, -0.2) is 123 Å². The van der Waals surface area contributed by atoms with E-state index < -0.39 is 127 Å². The summed E-state index contributed by atoms with van der Waals surface area (Å²) in [5.74, 6) is -5.33. The largest absolute Gasteiger partial charge is 0.463 e. The summed E-state index contributed by atoms with van der Waals surface area (Å²) in [5, 5.41) is 2.68. The molecular formula is C35H53NO17. The molecule has 0 saturated carbocycles. The van der Waals surface area contributed by atoms with Gasteiger partial charge >= 0.3 is 35.8 Å². The number of hydrogen-bond acceptors (Lipinski definition) is 17. The molecule has 0 unspecified atom stereocenters. The lowest BCUT2D eigenvalue weighted by Gasteiger charge is -2.49. The van der Waals surface area contributed by atoms with Crippen LogP contribution in [0, 0.1) is 10.8 Å². The average Bonchev–Trinajstić information content (AvgIpc) is 3.01. The maximum atomic E-state index is 13.5. The molecule has 0 aromatic carbocycles. The average molecular weight is 760 g/mol. The summed E-state index contributed by atoms with van der Waals surface area (Å²) < 4.78 is 58.0. The first-order valence-corrected chi connectivity index (χ1v) is 17.0. The summed E-state index contributed by atoms with van der Waals surface area (Å²) in [4.78, 5) is 88.1. The van der Waals surface area contributed by atoms with E-state index in [1.54, 1.807) is 41.5 Å². The molecule has 2 heterocycles. The van der Waals surface area contributed by atoms with Gasteiger partial charge < -0.3 is 52.7 Å². The molecule has 0 spiro atoms. The second kappa shape index (κ2) is 19.3. The van der Waals surface area contributed by atoms with Gasteiger partial charge in [0.15, 0.2) is 37.0 Å². The fourth-order valence-corrected chi connectivity index (χ4v) is 5.16. The van der Waals surface area contributed by atoms with Crippen molar-refractivity contribution in [2.75, 3.05) is 19.8 Å². The second-order valence-electron chi connectivity index (χ2n) is 14.5. The molecule has 1 amide bonds. The number of hydrogen-bond donors (Lipinski definition) is 1. The minimum absolute atomic E-state index is 0.104. The first-order chi connectivity index (χ1) is 24.5. The van der Waals surface area contributed by atoms with Crippen LogP contribution in [0.4, 0.5) is 0 Å². The fraction of sp³-hybridized carbons (Fsp3) is 0.743. The highest BCUT2D eigenvalue weighted by atomic mass is 16.8. The van der Waals surface area contributed by atoms with Crippen LogP contribution in [0.3, 0.4) is 0 Å². The lowest BCUT2D eigenvalue weighted by Crippen LogP contribution is -2.69. The highest BCUT2D eigenvalue weighted by Crippen LogP contribution is 2.35. The van der Waals surface area contributed by atoms with E-state index in [0.717, 1.165) is 27.7 Å². The van der Waals surface area contributed by atoms with Crippen LogP contribution in [0.25, 0.3) is 0 Å². The van der Waals surface area contributed by atoms with E-state index in [-0.39, 0.29) is 6.61 Å². The summed E-state index contributed by atoms with van der Waals surface area (Å²) in [7, 11) is 0. The van der Waals surface area contributed by atoms with Gasteiger partial charge in [-0.05, 0) is 41.5 Å². The molecule has 0 bridgehead atoms. The van der Waals surface area contributed by atoms with Crippen molar-refractivity contribution < 1.29 is 80.9 Å². The third kappa shape index (κ3) is 13.7. The van der Waals surface area contributed by atoms with Crippen LogP contribution in [0.1, 0.15) is 76.2 Å². The van der Waals surface area contributed by atoms with Gasteiger partial charge in [-0.15, -0.1) is 6.58 Å². The van der Waals surface area contributed by atoms with E-state index in [1.807, 2.05) is 0 Å². The number of nitrogens with one attached hydrogen (secondary N) is 1. The number of carbonyl (C=O) groups excluding carboxylic acids is 7. The molecule has 2 rings (SSSR count). The zero-order valence-corrected chi connectivity index (χ0v) is 32.1. The molecule has 2 saturated heterocycles. The van der Waals surface area contributed by atoms with Gasteiger partial charge in [0.05, 0.1) is 17.4 Å². The van der Waals surface area contributed by atoms with Gasteiger partial charge in [-0.1, -0.05) is 6.08 Å². The predicted molar refractivity (Wildman–Crippen MR) is 179 cm³/mol. The Kier molecular flexibility index (Phi) is 16.4. The van der Waals surface area contributed by atoms with Gasteiger partial charge in [0.2, 0.25) is 5.91 Å². The Bertz CT molecular complexity index is 1350. The topological polar surface area (TPSA) is 224 Å². The van der Waals surface area contributed by atoms with E-state index in [9.17, 15) is 33.6 Å². The Morgan fingerprint density at radius 1 is 0.604 bits per heavy atom. The Labute approximate surface area is 308 Å². The standard InChI is InChI=1S/C35H53NO17/c1-13-14-44-30-24(36-17(2)37)27(25(53-33(43)35(10,11)12)23(50-30)16-46-32(42)34(7,8)9)52-31-29(49-21(6)41)28(48-20(5)40)26(47-19(4)39)22(51-31)15-45-18(3)38/h13,22-31H,1,14-16H2,2-12H3,(H,36,37)/t22-,23-,24-,25+,26+,27-,28+,29-,30-,31+/m1/s1. The van der Waals surface area contributed by atoms with Gasteiger partial charge in [0.1, 0.15) is 37.6 Å². The monoisotopic (exact) mass is 759 g/mol. The van der Waals surface area contributed by atoms with Crippen LogP contribution in [0.5, 0.6) is 0 Å². The third-order valence-corrected chi connectivity index (χ3v) is 7.48. The zero-order chi connectivity index (χ0) is 40.4. The van der Waals surface area contributed by atoms with Gasteiger partial charge in [-0.3, -0.25) is 33.6 Å². The molecule has 300 valence electrons. The quantitative estimate of drug-likeness (QED) is 0.150. The molecule has 0 aromatic heterocycles. The van der Waals surface area contributed by atoms with Crippen molar-refractivity contribution in [3.63, 3.8) is 0 Å². The van der Waals surface area contributed by atoms with E-state index >= 15 is 0 Å². The SMILES string of the molecule is C=CCO[C@@H]1O[C@H](COC(=O)C(C)(C)C)[C@H](OC(=O)C(C)(C)C)[C@H](O[C@@H]2O[C@H](COC(C)=O)[C@H](OC(C)=O)[C@H](OC(C)=O)[C@H]2OC(C)=O)[C@H]1NC(C)=O. The summed E-state index contributed by atoms with van der Waals surface area (Å²) in [6.45, 7) is 17.7. The minimum atomic E-state index is -1.77. The molecule has 2 aliphatic heterocycles. The van der Waals surface area contributed by atoms with Gasteiger partial charge in [0, 0.05) is 34.6 Å². The first kappa shape index (κ1) is 45.0. The first-order valence-electron chi connectivity index (χ1n) is 17.0.